The first-order valence-electron chi connectivity index (χ1n) is 8.49. The lowest BCUT2D eigenvalue weighted by atomic mass is 10.1. The van der Waals surface area contributed by atoms with Crippen molar-refractivity contribution < 1.29 is 4.79 Å². The van der Waals surface area contributed by atoms with Gasteiger partial charge in [0.1, 0.15) is 0 Å². The molecule has 0 saturated heterocycles. The number of aromatic nitrogens is 2. The smallest absolute Gasteiger partial charge is 0.224 e. The molecule has 1 amide bonds. The minimum absolute atomic E-state index is 0.0800. The molecule has 4 nitrogen and oxygen atoms in total. The zero-order valence-electron chi connectivity index (χ0n) is 14.0. The van der Waals surface area contributed by atoms with Crippen LogP contribution in [0.25, 0.3) is 10.9 Å². The molecule has 0 spiro atoms. The molecule has 0 unspecified atom stereocenters. The van der Waals surface area contributed by atoms with Crippen molar-refractivity contribution in [3.63, 3.8) is 0 Å². The summed E-state index contributed by atoms with van der Waals surface area (Å²) in [6.07, 6.45) is 10.2. The lowest BCUT2D eigenvalue weighted by molar-refractivity contribution is -0.116. The maximum absolute atomic E-state index is 12.0. The first kappa shape index (κ1) is 16.2. The number of fused-ring (bicyclic) bond motifs is 1. The van der Waals surface area contributed by atoms with Gasteiger partial charge in [0, 0.05) is 41.6 Å². The summed E-state index contributed by atoms with van der Waals surface area (Å²) >= 11 is 0. The third kappa shape index (κ3) is 4.02. The van der Waals surface area contributed by atoms with Gasteiger partial charge in [-0.25, -0.2) is 0 Å². The fourth-order valence-electron chi connectivity index (χ4n) is 2.94. The molecular formula is C20H23N3O. The van der Waals surface area contributed by atoms with Gasteiger partial charge in [0.05, 0.1) is 0 Å². The van der Waals surface area contributed by atoms with Gasteiger partial charge < -0.3 is 10.3 Å². The average Bonchev–Trinajstić information content (AvgIpc) is 3.00. The maximum Gasteiger partial charge on any atom is 0.224 e. The van der Waals surface area contributed by atoms with Gasteiger partial charge in [-0.05, 0) is 49.4 Å². The highest BCUT2D eigenvalue weighted by molar-refractivity contribution is 5.91. The van der Waals surface area contributed by atoms with E-state index in [2.05, 4.69) is 39.7 Å². The molecule has 0 aliphatic carbocycles. The van der Waals surface area contributed by atoms with Crippen molar-refractivity contribution in [2.24, 2.45) is 0 Å². The Labute approximate surface area is 142 Å². The highest BCUT2D eigenvalue weighted by Gasteiger charge is 2.05. The number of carbonyl (C=O) groups excluding carboxylic acids is 1. The van der Waals surface area contributed by atoms with Gasteiger partial charge in [0.2, 0.25) is 5.91 Å². The number of H-pyrrole nitrogens is 1. The summed E-state index contributed by atoms with van der Waals surface area (Å²) in [4.78, 5) is 19.3. The molecule has 0 bridgehead atoms. The third-order valence-electron chi connectivity index (χ3n) is 4.32. The van der Waals surface area contributed by atoms with Crippen LogP contribution in [0, 0.1) is 6.92 Å². The Hall–Kier alpha value is -2.62. The molecule has 0 aliphatic rings. The monoisotopic (exact) mass is 321 g/mol. The molecular weight excluding hydrogens is 298 g/mol. The Bertz CT molecular complexity index is 822. The SMILES string of the molecule is Cc1cnccc1NC(=O)CCCCCc1c[nH]c2ccccc12. The van der Waals surface area contributed by atoms with E-state index < -0.39 is 0 Å². The molecule has 1 aromatic carbocycles. The summed E-state index contributed by atoms with van der Waals surface area (Å²) in [5.41, 5.74) is 4.40. The molecule has 2 heterocycles. The number of aryl methyl sites for hydroxylation is 2. The van der Waals surface area contributed by atoms with Crippen molar-refractivity contribution in [3.05, 3.63) is 60.0 Å². The van der Waals surface area contributed by atoms with Crippen LogP contribution in [0.1, 0.15) is 36.8 Å². The number of unbranched alkanes of at least 4 members (excludes halogenated alkanes) is 2. The van der Waals surface area contributed by atoms with Gasteiger partial charge in [0.25, 0.3) is 0 Å². The maximum atomic E-state index is 12.0. The van der Waals surface area contributed by atoms with Crippen LogP contribution in [0.15, 0.2) is 48.9 Å². The number of nitrogens with one attached hydrogen (secondary N) is 2. The van der Waals surface area contributed by atoms with E-state index in [1.165, 1.54) is 16.5 Å². The van der Waals surface area contributed by atoms with Crippen LogP contribution in [0.2, 0.25) is 0 Å². The highest BCUT2D eigenvalue weighted by atomic mass is 16.1. The number of nitrogens with zero attached hydrogens (tertiary/aromatic N) is 1. The second-order valence-electron chi connectivity index (χ2n) is 6.16. The van der Waals surface area contributed by atoms with Crippen molar-refractivity contribution in [2.75, 3.05) is 5.32 Å². The number of rotatable bonds is 7. The molecule has 124 valence electrons. The van der Waals surface area contributed by atoms with Crippen molar-refractivity contribution in [1.82, 2.24) is 9.97 Å². The van der Waals surface area contributed by atoms with E-state index in [1.54, 1.807) is 12.4 Å². The quantitative estimate of drug-likeness (QED) is 0.624. The molecule has 24 heavy (non-hydrogen) atoms. The topological polar surface area (TPSA) is 57.8 Å². The Balaban J connectivity index is 1.39. The van der Waals surface area contributed by atoms with Crippen LogP contribution < -0.4 is 5.32 Å². The minimum Gasteiger partial charge on any atom is -0.361 e. The fraction of sp³-hybridized carbons (Fsp3) is 0.300. The number of para-hydroxylation sites is 1. The Morgan fingerprint density at radius 2 is 2.04 bits per heavy atom. The summed E-state index contributed by atoms with van der Waals surface area (Å²) in [6, 6.07) is 10.2. The largest absolute Gasteiger partial charge is 0.361 e. The Morgan fingerprint density at radius 1 is 1.17 bits per heavy atom. The highest BCUT2D eigenvalue weighted by Crippen LogP contribution is 2.20. The number of benzene rings is 1. The van der Waals surface area contributed by atoms with Crippen LogP contribution in [0.3, 0.4) is 0 Å². The van der Waals surface area contributed by atoms with Gasteiger partial charge in [-0.15, -0.1) is 0 Å². The van der Waals surface area contributed by atoms with Gasteiger partial charge in [0.15, 0.2) is 0 Å². The van der Waals surface area contributed by atoms with Gasteiger partial charge in [-0.3, -0.25) is 9.78 Å². The zero-order valence-corrected chi connectivity index (χ0v) is 14.0. The van der Waals surface area contributed by atoms with Crippen molar-refractivity contribution in [2.45, 2.75) is 39.0 Å². The zero-order chi connectivity index (χ0) is 16.8. The number of anilines is 1. The van der Waals surface area contributed by atoms with Crippen molar-refractivity contribution in [3.8, 4) is 0 Å². The molecule has 3 aromatic rings. The summed E-state index contributed by atoms with van der Waals surface area (Å²) in [7, 11) is 0. The standard InChI is InChI=1S/C20H23N3O/c1-15-13-21-12-11-18(15)23-20(24)10-4-2-3-7-16-14-22-19-9-6-5-8-17(16)19/h5-6,8-9,11-14,22H,2-4,7,10H2,1H3,(H,21,23,24). The molecule has 0 aliphatic heterocycles. The number of amides is 1. The Kier molecular flexibility index (Phi) is 5.26. The van der Waals surface area contributed by atoms with Crippen LogP contribution in [-0.4, -0.2) is 15.9 Å². The van der Waals surface area contributed by atoms with Crippen molar-refractivity contribution >= 4 is 22.5 Å². The predicted octanol–water partition coefficient (Wildman–Crippen LogP) is 4.61. The van der Waals surface area contributed by atoms with E-state index in [9.17, 15) is 4.79 Å². The second-order valence-corrected chi connectivity index (χ2v) is 6.16. The van der Waals surface area contributed by atoms with E-state index in [0.717, 1.165) is 36.9 Å². The molecule has 0 saturated carbocycles. The first-order valence-corrected chi connectivity index (χ1v) is 8.49. The van der Waals surface area contributed by atoms with Crippen LogP contribution in [0.5, 0.6) is 0 Å². The average molecular weight is 321 g/mol. The molecule has 0 atom stereocenters. The normalized spacial score (nSPS) is 10.9. The van der Waals surface area contributed by atoms with Crippen LogP contribution in [-0.2, 0) is 11.2 Å². The molecule has 0 radical (unpaired) electrons. The number of aromatic amines is 1. The van der Waals surface area contributed by atoms with E-state index >= 15 is 0 Å². The first-order chi connectivity index (χ1) is 11.7. The summed E-state index contributed by atoms with van der Waals surface area (Å²) in [5.74, 6) is 0.0800. The third-order valence-corrected chi connectivity index (χ3v) is 4.32. The summed E-state index contributed by atoms with van der Waals surface area (Å²) in [6.45, 7) is 1.95. The molecule has 2 aromatic heterocycles. The van der Waals surface area contributed by atoms with Crippen LogP contribution in [0.4, 0.5) is 5.69 Å². The van der Waals surface area contributed by atoms with Crippen LogP contribution >= 0.6 is 0 Å². The molecule has 4 heteroatoms. The van der Waals surface area contributed by atoms with E-state index in [4.69, 9.17) is 0 Å². The summed E-state index contributed by atoms with van der Waals surface area (Å²) < 4.78 is 0. The molecule has 3 rings (SSSR count). The van der Waals surface area contributed by atoms with E-state index in [-0.39, 0.29) is 5.91 Å². The van der Waals surface area contributed by atoms with Gasteiger partial charge >= 0.3 is 0 Å². The number of hydrogen-bond donors (Lipinski definition) is 2. The second kappa shape index (κ2) is 7.77. The predicted molar refractivity (Wildman–Crippen MR) is 98.1 cm³/mol. The van der Waals surface area contributed by atoms with Gasteiger partial charge in [-0.2, -0.15) is 0 Å². The molecule has 2 N–H and O–H groups in total. The lowest BCUT2D eigenvalue weighted by Gasteiger charge is -2.07. The van der Waals surface area contributed by atoms with E-state index in [0.29, 0.717) is 6.42 Å². The summed E-state index contributed by atoms with van der Waals surface area (Å²) in [5, 5.41) is 4.26. The minimum atomic E-state index is 0.0800. The number of carbonyl (C=O) groups is 1. The van der Waals surface area contributed by atoms with Gasteiger partial charge in [-0.1, -0.05) is 24.6 Å². The number of pyridine rings is 1. The lowest BCUT2D eigenvalue weighted by Crippen LogP contribution is -2.12. The number of hydrogen-bond acceptors (Lipinski definition) is 2. The van der Waals surface area contributed by atoms with E-state index in [1.807, 2.05) is 19.1 Å². The van der Waals surface area contributed by atoms with Crippen molar-refractivity contribution in [1.29, 1.82) is 0 Å². The fourth-order valence-corrected chi connectivity index (χ4v) is 2.94. The Morgan fingerprint density at radius 3 is 2.92 bits per heavy atom. The molecule has 0 fully saturated rings.